The van der Waals surface area contributed by atoms with Gasteiger partial charge in [-0.3, -0.25) is 0 Å². The first-order chi connectivity index (χ1) is 6.77. The van der Waals surface area contributed by atoms with Gasteiger partial charge in [0.05, 0.1) is 17.9 Å². The van der Waals surface area contributed by atoms with Crippen molar-refractivity contribution >= 4 is 9.84 Å². The molecule has 0 aliphatic carbocycles. The van der Waals surface area contributed by atoms with Crippen molar-refractivity contribution in [3.05, 3.63) is 0 Å². The van der Waals surface area contributed by atoms with E-state index < -0.39 is 28.2 Å². The summed E-state index contributed by atoms with van der Waals surface area (Å²) in [6.45, 7) is 1.98. The average Bonchev–Trinajstić information content (AvgIpc) is 2.09. The monoisotopic (exact) mass is 246 g/mol. The lowest BCUT2D eigenvalue weighted by Crippen LogP contribution is -2.18. The second-order valence-corrected chi connectivity index (χ2v) is 5.88. The molecule has 0 spiro atoms. The summed E-state index contributed by atoms with van der Waals surface area (Å²) in [5, 5.41) is 0. The Kier molecular flexibility index (Phi) is 6.24. The summed E-state index contributed by atoms with van der Waals surface area (Å²) in [7, 11) is -3.52. The van der Waals surface area contributed by atoms with Gasteiger partial charge in [-0.1, -0.05) is 26.2 Å². The van der Waals surface area contributed by atoms with Gasteiger partial charge in [-0.2, -0.15) is 13.2 Å². The Morgan fingerprint density at radius 2 is 1.60 bits per heavy atom. The summed E-state index contributed by atoms with van der Waals surface area (Å²) in [5.74, 6) is -0.897. The third kappa shape index (κ3) is 10.0. The van der Waals surface area contributed by atoms with Gasteiger partial charge in [0.15, 0.2) is 9.84 Å². The Morgan fingerprint density at radius 1 is 1.00 bits per heavy atom. The molecule has 0 saturated heterocycles. The highest BCUT2D eigenvalue weighted by atomic mass is 32.2. The zero-order valence-corrected chi connectivity index (χ0v) is 9.62. The maximum Gasteiger partial charge on any atom is 0.390 e. The SMILES string of the molecule is CCCCCCS(=O)(=O)CCC(F)(F)F. The van der Waals surface area contributed by atoms with Crippen molar-refractivity contribution in [2.24, 2.45) is 0 Å². The Hall–Kier alpha value is -0.260. The van der Waals surface area contributed by atoms with E-state index in [1.54, 1.807) is 0 Å². The minimum Gasteiger partial charge on any atom is -0.229 e. The fraction of sp³-hybridized carbons (Fsp3) is 1.00. The summed E-state index contributed by atoms with van der Waals surface area (Å²) in [4.78, 5) is 0. The van der Waals surface area contributed by atoms with E-state index in [0.29, 0.717) is 6.42 Å². The van der Waals surface area contributed by atoms with E-state index in [1.165, 1.54) is 0 Å². The van der Waals surface area contributed by atoms with E-state index in [4.69, 9.17) is 0 Å². The van der Waals surface area contributed by atoms with Gasteiger partial charge in [0.1, 0.15) is 0 Å². The van der Waals surface area contributed by atoms with Crippen molar-refractivity contribution in [3.63, 3.8) is 0 Å². The van der Waals surface area contributed by atoms with Crippen LogP contribution in [0.2, 0.25) is 0 Å². The van der Waals surface area contributed by atoms with Gasteiger partial charge in [0.25, 0.3) is 0 Å². The first-order valence-electron chi connectivity index (χ1n) is 5.04. The zero-order valence-electron chi connectivity index (χ0n) is 8.81. The Balaban J connectivity index is 3.78. The molecule has 0 radical (unpaired) electrons. The average molecular weight is 246 g/mol. The van der Waals surface area contributed by atoms with E-state index in [1.807, 2.05) is 6.92 Å². The van der Waals surface area contributed by atoms with E-state index in [9.17, 15) is 21.6 Å². The fourth-order valence-electron chi connectivity index (χ4n) is 1.12. The number of hydrogen-bond acceptors (Lipinski definition) is 2. The summed E-state index contributed by atoms with van der Waals surface area (Å²) in [5.41, 5.74) is 0. The highest BCUT2D eigenvalue weighted by molar-refractivity contribution is 7.91. The molecular formula is C9H17F3O2S. The summed E-state index contributed by atoms with van der Waals surface area (Å²) < 4.78 is 57.6. The van der Waals surface area contributed by atoms with Crippen LogP contribution in [0.4, 0.5) is 13.2 Å². The molecule has 0 aromatic heterocycles. The normalized spacial score (nSPS) is 13.1. The van der Waals surface area contributed by atoms with E-state index in [2.05, 4.69) is 0 Å². The van der Waals surface area contributed by atoms with Crippen LogP contribution >= 0.6 is 0 Å². The van der Waals surface area contributed by atoms with Crippen LogP contribution in [0.5, 0.6) is 0 Å². The number of unbranched alkanes of at least 4 members (excludes halogenated alkanes) is 3. The van der Waals surface area contributed by atoms with Gasteiger partial charge in [-0.15, -0.1) is 0 Å². The fourth-order valence-corrected chi connectivity index (χ4v) is 2.51. The molecule has 0 N–H and O–H groups in total. The number of rotatable bonds is 7. The van der Waals surface area contributed by atoms with Crippen molar-refractivity contribution < 1.29 is 21.6 Å². The summed E-state index contributed by atoms with van der Waals surface area (Å²) in [6, 6.07) is 0. The molecule has 6 heteroatoms. The van der Waals surface area contributed by atoms with Crippen LogP contribution in [0.15, 0.2) is 0 Å². The third-order valence-corrected chi connectivity index (χ3v) is 3.74. The summed E-state index contributed by atoms with van der Waals surface area (Å²) in [6.07, 6.45) is -2.48. The molecule has 92 valence electrons. The van der Waals surface area contributed by atoms with Crippen LogP contribution in [-0.2, 0) is 9.84 Å². The quantitative estimate of drug-likeness (QED) is 0.647. The molecule has 0 fully saturated rings. The topological polar surface area (TPSA) is 34.1 Å². The molecule has 0 aliphatic rings. The third-order valence-electron chi connectivity index (χ3n) is 2.01. The Bertz CT molecular complexity index is 257. The number of halogens is 3. The van der Waals surface area contributed by atoms with Crippen molar-refractivity contribution in [3.8, 4) is 0 Å². The highest BCUT2D eigenvalue weighted by Crippen LogP contribution is 2.20. The number of hydrogen-bond donors (Lipinski definition) is 0. The molecule has 0 aromatic rings. The van der Waals surface area contributed by atoms with Crippen LogP contribution < -0.4 is 0 Å². The molecule has 0 bridgehead atoms. The van der Waals surface area contributed by atoms with Gasteiger partial charge in [0.2, 0.25) is 0 Å². The minimum absolute atomic E-state index is 0.122. The molecule has 0 saturated carbocycles. The van der Waals surface area contributed by atoms with Crippen LogP contribution in [0.1, 0.15) is 39.0 Å². The highest BCUT2D eigenvalue weighted by Gasteiger charge is 2.29. The van der Waals surface area contributed by atoms with Gasteiger partial charge in [-0.25, -0.2) is 8.42 Å². The van der Waals surface area contributed by atoms with Crippen molar-refractivity contribution in [1.82, 2.24) is 0 Å². The van der Waals surface area contributed by atoms with Crippen molar-refractivity contribution in [1.29, 1.82) is 0 Å². The second-order valence-electron chi connectivity index (χ2n) is 3.58. The predicted molar refractivity (Wildman–Crippen MR) is 53.5 cm³/mol. The van der Waals surface area contributed by atoms with Crippen molar-refractivity contribution in [2.45, 2.75) is 45.2 Å². The maximum absolute atomic E-state index is 11.8. The molecule has 2 nitrogen and oxygen atoms in total. The maximum atomic E-state index is 11.8. The molecule has 0 atom stereocenters. The molecule has 0 aliphatic heterocycles. The molecule has 15 heavy (non-hydrogen) atoms. The predicted octanol–water partition coefficient (Wildman–Crippen LogP) is 2.93. The number of sulfone groups is 1. The molecular weight excluding hydrogens is 229 g/mol. The van der Waals surface area contributed by atoms with E-state index >= 15 is 0 Å². The Morgan fingerprint density at radius 3 is 2.07 bits per heavy atom. The zero-order chi connectivity index (χ0) is 11.9. The van der Waals surface area contributed by atoms with Gasteiger partial charge in [-0.05, 0) is 6.42 Å². The molecule has 0 heterocycles. The second kappa shape index (κ2) is 6.35. The smallest absolute Gasteiger partial charge is 0.229 e. The van der Waals surface area contributed by atoms with E-state index in [0.717, 1.165) is 19.3 Å². The lowest BCUT2D eigenvalue weighted by Gasteiger charge is -2.06. The lowest BCUT2D eigenvalue weighted by atomic mass is 10.2. The van der Waals surface area contributed by atoms with E-state index in [-0.39, 0.29) is 5.75 Å². The largest absolute Gasteiger partial charge is 0.390 e. The molecule has 0 amide bonds. The minimum atomic E-state index is -4.38. The first kappa shape index (κ1) is 14.7. The summed E-state index contributed by atoms with van der Waals surface area (Å²) >= 11 is 0. The molecule has 0 aromatic carbocycles. The van der Waals surface area contributed by atoms with Crippen LogP contribution in [-0.4, -0.2) is 26.1 Å². The lowest BCUT2D eigenvalue weighted by molar-refractivity contribution is -0.129. The number of alkyl halides is 3. The van der Waals surface area contributed by atoms with Gasteiger partial charge < -0.3 is 0 Å². The molecule has 0 rings (SSSR count). The van der Waals surface area contributed by atoms with Crippen LogP contribution in [0.3, 0.4) is 0 Å². The van der Waals surface area contributed by atoms with Crippen LogP contribution in [0, 0.1) is 0 Å². The van der Waals surface area contributed by atoms with Crippen LogP contribution in [0.25, 0.3) is 0 Å². The van der Waals surface area contributed by atoms with Gasteiger partial charge >= 0.3 is 6.18 Å². The molecule has 0 unspecified atom stereocenters. The van der Waals surface area contributed by atoms with Crippen molar-refractivity contribution in [2.75, 3.05) is 11.5 Å². The Labute approximate surface area is 88.8 Å². The standard InChI is InChI=1S/C9H17F3O2S/c1-2-3-4-5-7-15(13,14)8-6-9(10,11)12/h2-8H2,1H3. The first-order valence-corrected chi connectivity index (χ1v) is 6.86. The van der Waals surface area contributed by atoms with Gasteiger partial charge in [0, 0.05) is 0 Å².